The van der Waals surface area contributed by atoms with Crippen LogP contribution in [0.2, 0.25) is 5.02 Å². The van der Waals surface area contributed by atoms with E-state index in [0.717, 1.165) is 5.56 Å². The average Bonchev–Trinajstić information content (AvgIpc) is 2.46. The SMILES string of the molecule is C/C(=N/NC(=O)c1ccc(N)cc1)c1ccc(Cl)cc1. The fourth-order valence-corrected chi connectivity index (χ4v) is 1.72. The van der Waals surface area contributed by atoms with Crippen molar-refractivity contribution in [2.24, 2.45) is 5.10 Å². The van der Waals surface area contributed by atoms with Crippen molar-refractivity contribution in [2.45, 2.75) is 6.92 Å². The van der Waals surface area contributed by atoms with Crippen molar-refractivity contribution in [1.82, 2.24) is 5.43 Å². The lowest BCUT2D eigenvalue weighted by Gasteiger charge is -2.03. The highest BCUT2D eigenvalue weighted by molar-refractivity contribution is 6.30. The normalized spacial score (nSPS) is 11.2. The standard InChI is InChI=1S/C15H14ClN3O/c1-10(11-2-6-13(16)7-3-11)18-19-15(20)12-4-8-14(17)9-5-12/h2-9H,17H2,1H3,(H,19,20)/b18-10-. The van der Waals surface area contributed by atoms with Crippen LogP contribution in [0.25, 0.3) is 0 Å². The first kappa shape index (κ1) is 14.1. The zero-order chi connectivity index (χ0) is 14.5. The van der Waals surface area contributed by atoms with Crippen LogP contribution in [-0.4, -0.2) is 11.6 Å². The summed E-state index contributed by atoms with van der Waals surface area (Å²) in [6.45, 7) is 1.81. The second-order valence-corrected chi connectivity index (χ2v) is 4.70. The van der Waals surface area contributed by atoms with Crippen molar-refractivity contribution in [3.8, 4) is 0 Å². The van der Waals surface area contributed by atoms with Gasteiger partial charge in [0, 0.05) is 16.3 Å². The molecular weight excluding hydrogens is 274 g/mol. The Bertz CT molecular complexity index is 633. The lowest BCUT2D eigenvalue weighted by atomic mass is 10.1. The molecule has 0 bridgehead atoms. The number of amides is 1. The Morgan fingerprint density at radius 3 is 2.20 bits per heavy atom. The van der Waals surface area contributed by atoms with Crippen molar-refractivity contribution in [3.63, 3.8) is 0 Å². The number of nitrogens with two attached hydrogens (primary N) is 1. The number of carbonyl (C=O) groups excluding carboxylic acids is 1. The third-order valence-corrected chi connectivity index (χ3v) is 3.01. The van der Waals surface area contributed by atoms with E-state index in [9.17, 15) is 4.79 Å². The Morgan fingerprint density at radius 2 is 1.60 bits per heavy atom. The summed E-state index contributed by atoms with van der Waals surface area (Å²) < 4.78 is 0. The number of hydrazone groups is 1. The second-order valence-electron chi connectivity index (χ2n) is 4.27. The van der Waals surface area contributed by atoms with Gasteiger partial charge in [-0.3, -0.25) is 4.79 Å². The molecule has 0 aromatic heterocycles. The van der Waals surface area contributed by atoms with Crippen molar-refractivity contribution < 1.29 is 4.79 Å². The number of anilines is 1. The molecule has 0 saturated heterocycles. The van der Waals surface area contributed by atoms with Gasteiger partial charge in [0.2, 0.25) is 0 Å². The molecule has 0 fully saturated rings. The molecule has 0 aliphatic heterocycles. The van der Waals surface area contributed by atoms with E-state index in [1.54, 1.807) is 36.4 Å². The summed E-state index contributed by atoms with van der Waals surface area (Å²) >= 11 is 5.82. The van der Waals surface area contributed by atoms with E-state index in [0.29, 0.717) is 22.0 Å². The number of nitrogens with zero attached hydrogens (tertiary/aromatic N) is 1. The van der Waals surface area contributed by atoms with Gasteiger partial charge in [0.15, 0.2) is 0 Å². The molecule has 0 radical (unpaired) electrons. The largest absolute Gasteiger partial charge is 0.399 e. The van der Waals surface area contributed by atoms with Gasteiger partial charge in [-0.05, 0) is 48.9 Å². The van der Waals surface area contributed by atoms with Crippen LogP contribution in [0.15, 0.2) is 53.6 Å². The number of nitrogen functional groups attached to an aromatic ring is 1. The number of nitrogens with one attached hydrogen (secondary N) is 1. The van der Waals surface area contributed by atoms with Crippen LogP contribution in [-0.2, 0) is 0 Å². The zero-order valence-electron chi connectivity index (χ0n) is 10.9. The number of benzene rings is 2. The van der Waals surface area contributed by atoms with Gasteiger partial charge >= 0.3 is 0 Å². The Hall–Kier alpha value is -2.33. The van der Waals surface area contributed by atoms with Gasteiger partial charge in [0.1, 0.15) is 0 Å². The van der Waals surface area contributed by atoms with E-state index in [4.69, 9.17) is 17.3 Å². The Balaban J connectivity index is 2.06. The van der Waals surface area contributed by atoms with E-state index in [-0.39, 0.29) is 5.91 Å². The topological polar surface area (TPSA) is 67.5 Å². The van der Waals surface area contributed by atoms with Gasteiger partial charge in [-0.25, -0.2) is 5.43 Å². The van der Waals surface area contributed by atoms with E-state index < -0.39 is 0 Å². The Labute approximate surface area is 122 Å². The molecule has 20 heavy (non-hydrogen) atoms. The fraction of sp³-hybridized carbons (Fsp3) is 0.0667. The van der Waals surface area contributed by atoms with E-state index in [1.165, 1.54) is 0 Å². The van der Waals surface area contributed by atoms with E-state index in [1.807, 2.05) is 19.1 Å². The first-order chi connectivity index (χ1) is 9.56. The molecule has 2 rings (SSSR count). The van der Waals surface area contributed by atoms with Crippen molar-refractivity contribution in [1.29, 1.82) is 0 Å². The molecule has 2 aromatic carbocycles. The van der Waals surface area contributed by atoms with Gasteiger partial charge < -0.3 is 5.73 Å². The maximum absolute atomic E-state index is 11.9. The summed E-state index contributed by atoms with van der Waals surface area (Å²) in [6.07, 6.45) is 0. The lowest BCUT2D eigenvalue weighted by Crippen LogP contribution is -2.19. The lowest BCUT2D eigenvalue weighted by molar-refractivity contribution is 0.0955. The fourth-order valence-electron chi connectivity index (χ4n) is 1.59. The Kier molecular flexibility index (Phi) is 4.38. The summed E-state index contributed by atoms with van der Waals surface area (Å²) in [5, 5.41) is 4.73. The minimum Gasteiger partial charge on any atom is -0.399 e. The molecule has 0 atom stereocenters. The summed E-state index contributed by atoms with van der Waals surface area (Å²) in [5.41, 5.74) is 10.8. The summed E-state index contributed by atoms with van der Waals surface area (Å²) in [5.74, 6) is -0.279. The molecular formula is C15H14ClN3O. The maximum Gasteiger partial charge on any atom is 0.271 e. The molecule has 2 aromatic rings. The predicted molar refractivity (Wildman–Crippen MR) is 82.0 cm³/mol. The Morgan fingerprint density at radius 1 is 1.05 bits per heavy atom. The van der Waals surface area contributed by atoms with E-state index in [2.05, 4.69) is 10.5 Å². The van der Waals surface area contributed by atoms with Crippen molar-refractivity contribution in [2.75, 3.05) is 5.73 Å². The number of hydrogen-bond acceptors (Lipinski definition) is 3. The zero-order valence-corrected chi connectivity index (χ0v) is 11.7. The highest BCUT2D eigenvalue weighted by atomic mass is 35.5. The quantitative estimate of drug-likeness (QED) is 0.517. The van der Waals surface area contributed by atoms with Gasteiger partial charge in [-0.1, -0.05) is 23.7 Å². The highest BCUT2D eigenvalue weighted by Crippen LogP contribution is 2.10. The molecule has 1 amide bonds. The van der Waals surface area contributed by atoms with Gasteiger partial charge in [0.25, 0.3) is 5.91 Å². The number of halogens is 1. The van der Waals surface area contributed by atoms with Crippen LogP contribution in [0.5, 0.6) is 0 Å². The van der Waals surface area contributed by atoms with Gasteiger partial charge in [0.05, 0.1) is 5.71 Å². The molecule has 0 saturated carbocycles. The molecule has 0 heterocycles. The van der Waals surface area contributed by atoms with Crippen LogP contribution in [0, 0.1) is 0 Å². The molecule has 4 nitrogen and oxygen atoms in total. The number of rotatable bonds is 3. The predicted octanol–water partition coefficient (Wildman–Crippen LogP) is 3.08. The van der Waals surface area contributed by atoms with Crippen molar-refractivity contribution >= 4 is 28.9 Å². The van der Waals surface area contributed by atoms with Crippen LogP contribution in [0.1, 0.15) is 22.8 Å². The van der Waals surface area contributed by atoms with Crippen LogP contribution >= 0.6 is 11.6 Å². The number of hydrogen-bond donors (Lipinski definition) is 2. The summed E-state index contributed by atoms with van der Waals surface area (Å²) in [4.78, 5) is 11.9. The monoisotopic (exact) mass is 287 g/mol. The smallest absolute Gasteiger partial charge is 0.271 e. The van der Waals surface area contributed by atoms with Gasteiger partial charge in [-0.15, -0.1) is 0 Å². The van der Waals surface area contributed by atoms with Crippen LogP contribution < -0.4 is 11.2 Å². The molecule has 102 valence electrons. The third-order valence-electron chi connectivity index (χ3n) is 2.76. The van der Waals surface area contributed by atoms with Crippen LogP contribution in [0.3, 0.4) is 0 Å². The first-order valence-corrected chi connectivity index (χ1v) is 6.40. The third kappa shape index (κ3) is 3.59. The van der Waals surface area contributed by atoms with Gasteiger partial charge in [-0.2, -0.15) is 5.10 Å². The average molecular weight is 288 g/mol. The molecule has 0 aliphatic rings. The molecule has 5 heteroatoms. The molecule has 0 unspecified atom stereocenters. The maximum atomic E-state index is 11.9. The van der Waals surface area contributed by atoms with E-state index >= 15 is 0 Å². The summed E-state index contributed by atoms with van der Waals surface area (Å²) in [7, 11) is 0. The minimum absolute atomic E-state index is 0.279. The molecule has 0 spiro atoms. The minimum atomic E-state index is -0.279. The van der Waals surface area contributed by atoms with Crippen LogP contribution in [0.4, 0.5) is 5.69 Å². The molecule has 0 aliphatic carbocycles. The molecule has 3 N–H and O–H groups in total. The first-order valence-electron chi connectivity index (χ1n) is 6.02. The highest BCUT2D eigenvalue weighted by Gasteiger charge is 2.04. The number of carbonyl (C=O) groups is 1. The van der Waals surface area contributed by atoms with Crippen molar-refractivity contribution in [3.05, 3.63) is 64.7 Å². The second kappa shape index (κ2) is 6.21. The summed E-state index contributed by atoms with van der Waals surface area (Å²) in [6, 6.07) is 13.9.